The number of morpholine rings is 1. The Labute approximate surface area is 150 Å². The SMILES string of the molecule is C=CCN(C(=O)[N+]1(C)CCOCC1)c1c(C)cc(C)cc1C.[Br-]. The van der Waals surface area contributed by atoms with Crippen LogP contribution in [-0.4, -0.2) is 50.4 Å². The Bertz CT molecular complexity index is 557. The lowest BCUT2D eigenvalue weighted by atomic mass is 10.0. The Balaban J connectivity index is 0.00000264. The minimum absolute atomic E-state index is 0. The fraction of sp³-hybridized carbons (Fsp3) is 0.500. The van der Waals surface area contributed by atoms with E-state index in [9.17, 15) is 4.79 Å². The van der Waals surface area contributed by atoms with E-state index in [1.165, 1.54) is 5.56 Å². The van der Waals surface area contributed by atoms with Crippen molar-refractivity contribution in [2.24, 2.45) is 0 Å². The molecule has 1 aromatic rings. The highest BCUT2D eigenvalue weighted by atomic mass is 79.9. The maximum atomic E-state index is 13.2. The summed E-state index contributed by atoms with van der Waals surface area (Å²) >= 11 is 0. The summed E-state index contributed by atoms with van der Waals surface area (Å²) < 4.78 is 5.81. The van der Waals surface area contributed by atoms with Crippen LogP contribution in [0.1, 0.15) is 16.7 Å². The molecule has 0 radical (unpaired) electrons. The van der Waals surface area contributed by atoms with Gasteiger partial charge in [-0.25, -0.2) is 9.28 Å². The van der Waals surface area contributed by atoms with E-state index in [1.807, 2.05) is 11.9 Å². The Hall–Kier alpha value is -1.17. The Morgan fingerprint density at radius 2 is 1.78 bits per heavy atom. The van der Waals surface area contributed by atoms with Crippen LogP contribution in [0, 0.1) is 20.8 Å². The van der Waals surface area contributed by atoms with Gasteiger partial charge in [0.1, 0.15) is 13.1 Å². The van der Waals surface area contributed by atoms with Gasteiger partial charge in [-0.15, -0.1) is 6.58 Å². The molecule has 0 aromatic heterocycles. The van der Waals surface area contributed by atoms with E-state index in [1.54, 1.807) is 6.08 Å². The van der Waals surface area contributed by atoms with E-state index >= 15 is 0 Å². The maximum absolute atomic E-state index is 13.2. The lowest BCUT2D eigenvalue weighted by Crippen LogP contribution is -3.00. The molecule has 2 amide bonds. The minimum atomic E-state index is 0. The molecule has 0 unspecified atom stereocenters. The molecule has 0 bridgehead atoms. The fourth-order valence-electron chi connectivity index (χ4n) is 3.22. The van der Waals surface area contributed by atoms with Crippen molar-refractivity contribution in [3.05, 3.63) is 41.5 Å². The molecule has 5 heteroatoms. The number of ether oxygens (including phenoxy) is 1. The topological polar surface area (TPSA) is 29.5 Å². The number of urea groups is 1. The second kappa shape index (κ2) is 8.08. The number of carbonyl (C=O) groups excluding carboxylic acids is 1. The highest BCUT2D eigenvalue weighted by Crippen LogP contribution is 2.28. The first-order valence-electron chi connectivity index (χ1n) is 7.82. The van der Waals surface area contributed by atoms with Crippen LogP contribution in [0.5, 0.6) is 0 Å². The maximum Gasteiger partial charge on any atom is 0.423 e. The number of aryl methyl sites for hydroxylation is 3. The zero-order chi connectivity index (χ0) is 16.3. The average molecular weight is 383 g/mol. The molecule has 1 aromatic carbocycles. The number of hydrogen-bond acceptors (Lipinski definition) is 2. The van der Waals surface area contributed by atoms with Gasteiger partial charge in [0.05, 0.1) is 25.9 Å². The van der Waals surface area contributed by atoms with Crippen LogP contribution in [0.3, 0.4) is 0 Å². The van der Waals surface area contributed by atoms with E-state index in [0.29, 0.717) is 24.2 Å². The predicted molar refractivity (Wildman–Crippen MR) is 90.3 cm³/mol. The lowest BCUT2D eigenvalue weighted by molar-refractivity contribution is -0.838. The van der Waals surface area contributed by atoms with Crippen LogP contribution in [0.2, 0.25) is 0 Å². The number of amides is 2. The smallest absolute Gasteiger partial charge is 0.423 e. The van der Waals surface area contributed by atoms with Gasteiger partial charge in [0.15, 0.2) is 0 Å². The molecule has 23 heavy (non-hydrogen) atoms. The van der Waals surface area contributed by atoms with E-state index in [-0.39, 0.29) is 23.0 Å². The van der Waals surface area contributed by atoms with E-state index in [0.717, 1.165) is 29.9 Å². The number of hydrogen-bond donors (Lipinski definition) is 0. The molecule has 1 aliphatic rings. The van der Waals surface area contributed by atoms with Gasteiger partial charge in [-0.3, -0.25) is 4.90 Å². The molecular formula is C18H27BrN2O2. The summed E-state index contributed by atoms with van der Waals surface area (Å²) in [6.07, 6.45) is 1.79. The van der Waals surface area contributed by atoms with E-state index in [2.05, 4.69) is 39.5 Å². The summed E-state index contributed by atoms with van der Waals surface area (Å²) in [4.78, 5) is 15.1. The second-order valence-corrected chi connectivity index (χ2v) is 6.38. The minimum Gasteiger partial charge on any atom is -1.00 e. The van der Waals surface area contributed by atoms with Crippen molar-refractivity contribution in [1.29, 1.82) is 0 Å². The number of benzene rings is 1. The molecule has 1 fully saturated rings. The number of nitrogens with zero attached hydrogens (tertiary/aromatic N) is 2. The molecule has 0 saturated carbocycles. The van der Waals surface area contributed by atoms with E-state index in [4.69, 9.17) is 4.74 Å². The number of anilines is 1. The molecule has 0 spiro atoms. The fourth-order valence-corrected chi connectivity index (χ4v) is 3.22. The Morgan fingerprint density at radius 3 is 2.26 bits per heavy atom. The largest absolute Gasteiger partial charge is 1.00 e. The average Bonchev–Trinajstić information content (AvgIpc) is 2.45. The first-order valence-corrected chi connectivity index (χ1v) is 7.82. The standard InChI is InChI=1S/C18H27N2O2.BrH/c1-6-7-19(17-15(3)12-14(2)13-16(17)4)18(21)20(5)8-10-22-11-9-20;/h6,12-13H,1,7-11H2,2-5H3;1H/q+1;/p-1. The van der Waals surface area contributed by atoms with Gasteiger partial charge in [0, 0.05) is 6.54 Å². The summed E-state index contributed by atoms with van der Waals surface area (Å²) in [5.41, 5.74) is 4.50. The van der Waals surface area contributed by atoms with Crippen LogP contribution in [0.4, 0.5) is 10.5 Å². The summed E-state index contributed by atoms with van der Waals surface area (Å²) in [6, 6.07) is 4.38. The van der Waals surface area contributed by atoms with Crippen molar-refractivity contribution in [3.8, 4) is 0 Å². The number of halogens is 1. The summed E-state index contributed by atoms with van der Waals surface area (Å²) in [5, 5.41) is 0. The predicted octanol–water partition coefficient (Wildman–Crippen LogP) is 0.205. The summed E-state index contributed by atoms with van der Waals surface area (Å²) in [6.45, 7) is 13.3. The third-order valence-corrected chi connectivity index (χ3v) is 4.37. The van der Waals surface area contributed by atoms with Crippen molar-refractivity contribution in [2.75, 3.05) is 44.8 Å². The molecule has 4 nitrogen and oxygen atoms in total. The molecule has 1 aliphatic heterocycles. The Kier molecular flexibility index (Phi) is 6.99. The van der Waals surface area contributed by atoms with Crippen LogP contribution >= 0.6 is 0 Å². The number of likely N-dealkylation sites (N-methyl/N-ethyl adjacent to an activating group) is 1. The molecule has 1 saturated heterocycles. The highest BCUT2D eigenvalue weighted by Gasteiger charge is 2.39. The molecule has 0 atom stereocenters. The third kappa shape index (κ3) is 4.22. The van der Waals surface area contributed by atoms with Crippen LogP contribution in [0.15, 0.2) is 24.8 Å². The normalized spacial score (nSPS) is 16.3. The molecule has 128 valence electrons. The number of carbonyl (C=O) groups is 1. The van der Waals surface area contributed by atoms with Gasteiger partial charge in [-0.1, -0.05) is 23.8 Å². The van der Waals surface area contributed by atoms with Crippen molar-refractivity contribution in [2.45, 2.75) is 20.8 Å². The van der Waals surface area contributed by atoms with Crippen LogP contribution < -0.4 is 21.9 Å². The van der Waals surface area contributed by atoms with Crippen molar-refractivity contribution in [1.82, 2.24) is 0 Å². The summed E-state index contributed by atoms with van der Waals surface area (Å²) in [5.74, 6) is 0. The van der Waals surface area contributed by atoms with Gasteiger partial charge in [0.25, 0.3) is 0 Å². The number of quaternary nitrogens is 1. The lowest BCUT2D eigenvalue weighted by Gasteiger charge is -2.38. The zero-order valence-corrected chi connectivity index (χ0v) is 16.1. The number of rotatable bonds is 3. The van der Waals surface area contributed by atoms with Gasteiger partial charge < -0.3 is 21.7 Å². The molecule has 2 rings (SSSR count). The van der Waals surface area contributed by atoms with E-state index < -0.39 is 0 Å². The molecule has 0 aliphatic carbocycles. The van der Waals surface area contributed by atoms with Gasteiger partial charge >= 0.3 is 6.03 Å². The van der Waals surface area contributed by atoms with Gasteiger partial charge in [0.2, 0.25) is 0 Å². The molecule has 1 heterocycles. The van der Waals surface area contributed by atoms with Crippen LogP contribution in [0.25, 0.3) is 0 Å². The zero-order valence-electron chi connectivity index (χ0n) is 14.6. The van der Waals surface area contributed by atoms with Crippen LogP contribution in [-0.2, 0) is 4.74 Å². The Morgan fingerprint density at radius 1 is 1.26 bits per heavy atom. The monoisotopic (exact) mass is 382 g/mol. The van der Waals surface area contributed by atoms with Crippen molar-refractivity contribution < 1.29 is 31.0 Å². The first kappa shape index (κ1) is 19.9. The van der Waals surface area contributed by atoms with Gasteiger partial charge in [-0.2, -0.15) is 0 Å². The summed E-state index contributed by atoms with van der Waals surface area (Å²) in [7, 11) is 2.00. The quantitative estimate of drug-likeness (QED) is 0.552. The highest BCUT2D eigenvalue weighted by molar-refractivity contribution is 5.89. The van der Waals surface area contributed by atoms with Crippen molar-refractivity contribution >= 4 is 11.7 Å². The first-order chi connectivity index (χ1) is 10.4. The van der Waals surface area contributed by atoms with Crippen molar-refractivity contribution in [3.63, 3.8) is 0 Å². The second-order valence-electron chi connectivity index (χ2n) is 6.38. The molecule has 0 N–H and O–H groups in total. The third-order valence-electron chi connectivity index (χ3n) is 4.37. The van der Waals surface area contributed by atoms with Gasteiger partial charge in [-0.05, 0) is 31.9 Å². The molecular weight excluding hydrogens is 356 g/mol.